The van der Waals surface area contributed by atoms with E-state index in [0.29, 0.717) is 45.5 Å². The lowest BCUT2D eigenvalue weighted by atomic mass is 10.1. The highest BCUT2D eigenvalue weighted by molar-refractivity contribution is 14.1. The van der Waals surface area contributed by atoms with E-state index in [2.05, 4.69) is 43.8 Å². The fraction of sp³-hybridized carbons (Fsp3) is 0.154. The molecule has 0 aliphatic heterocycles. The van der Waals surface area contributed by atoms with Crippen molar-refractivity contribution in [2.45, 2.75) is 20.5 Å². The maximum Gasteiger partial charge on any atom is 0.266 e. The number of carbonyl (C=O) groups excluding carboxylic acids is 1. The van der Waals surface area contributed by atoms with Gasteiger partial charge in [0.25, 0.3) is 5.91 Å². The predicted molar refractivity (Wildman–Crippen MR) is 147 cm³/mol. The number of hydrogen-bond acceptors (Lipinski definition) is 4. The molecule has 0 atom stereocenters. The van der Waals surface area contributed by atoms with Gasteiger partial charge in [-0.25, -0.2) is 0 Å². The second-order valence-electron chi connectivity index (χ2n) is 7.20. The van der Waals surface area contributed by atoms with Gasteiger partial charge in [-0.3, -0.25) is 4.79 Å². The Hall–Kier alpha value is -2.54. The largest absolute Gasteiger partial charge is 0.490 e. The van der Waals surface area contributed by atoms with E-state index in [1.165, 1.54) is 6.08 Å². The van der Waals surface area contributed by atoms with Gasteiger partial charge in [0, 0.05) is 18.8 Å². The molecule has 34 heavy (non-hydrogen) atoms. The van der Waals surface area contributed by atoms with Crippen LogP contribution in [0.5, 0.6) is 11.5 Å². The van der Waals surface area contributed by atoms with E-state index in [4.69, 9.17) is 21.1 Å². The Labute approximate surface area is 226 Å². The highest BCUT2D eigenvalue weighted by Crippen LogP contribution is 2.35. The molecule has 174 valence electrons. The Morgan fingerprint density at radius 3 is 2.56 bits per heavy atom. The maximum atomic E-state index is 12.8. The minimum absolute atomic E-state index is 0.0601. The molecular formula is C26H21BrClIN2O3. The number of carbonyl (C=O) groups is 1. The smallest absolute Gasteiger partial charge is 0.266 e. The molecule has 5 nitrogen and oxygen atoms in total. The van der Waals surface area contributed by atoms with E-state index in [1.807, 2.05) is 37.3 Å². The molecule has 0 bridgehead atoms. The number of nitrogens with one attached hydrogen (secondary N) is 1. The number of halogens is 3. The van der Waals surface area contributed by atoms with Gasteiger partial charge in [0.2, 0.25) is 0 Å². The van der Waals surface area contributed by atoms with Crippen molar-refractivity contribution in [2.75, 3.05) is 11.9 Å². The van der Waals surface area contributed by atoms with Crippen LogP contribution in [0, 0.1) is 21.8 Å². The van der Waals surface area contributed by atoms with Crippen molar-refractivity contribution in [2.24, 2.45) is 0 Å². The Morgan fingerprint density at radius 1 is 1.18 bits per heavy atom. The van der Waals surface area contributed by atoms with Crippen LogP contribution in [0.1, 0.15) is 23.6 Å². The first-order valence-corrected chi connectivity index (χ1v) is 12.6. The van der Waals surface area contributed by atoms with Gasteiger partial charge in [-0.05, 0) is 95.6 Å². The maximum absolute atomic E-state index is 12.8. The molecular weight excluding hydrogens is 631 g/mol. The van der Waals surface area contributed by atoms with Crippen LogP contribution in [-0.2, 0) is 11.4 Å². The number of rotatable bonds is 8. The van der Waals surface area contributed by atoms with Gasteiger partial charge >= 0.3 is 0 Å². The summed E-state index contributed by atoms with van der Waals surface area (Å²) in [6.07, 6.45) is 1.50. The molecule has 1 amide bonds. The van der Waals surface area contributed by atoms with E-state index in [-0.39, 0.29) is 5.57 Å². The van der Waals surface area contributed by atoms with Crippen molar-refractivity contribution < 1.29 is 14.3 Å². The lowest BCUT2D eigenvalue weighted by molar-refractivity contribution is -0.112. The normalized spacial score (nSPS) is 11.0. The third-order valence-corrected chi connectivity index (χ3v) is 6.67. The van der Waals surface area contributed by atoms with Crippen LogP contribution in [0.4, 0.5) is 5.69 Å². The first-order chi connectivity index (χ1) is 16.3. The van der Waals surface area contributed by atoms with Gasteiger partial charge < -0.3 is 14.8 Å². The van der Waals surface area contributed by atoms with Gasteiger partial charge in [0.15, 0.2) is 11.5 Å². The fourth-order valence-electron chi connectivity index (χ4n) is 3.02. The van der Waals surface area contributed by atoms with E-state index in [1.54, 1.807) is 37.3 Å². The second-order valence-corrected chi connectivity index (χ2v) is 9.71. The highest BCUT2D eigenvalue weighted by Gasteiger charge is 2.15. The fourth-order valence-corrected chi connectivity index (χ4v) is 3.99. The van der Waals surface area contributed by atoms with Gasteiger partial charge in [-0.2, -0.15) is 5.26 Å². The number of nitrogens with zero attached hydrogens (tertiary/aromatic N) is 1. The molecule has 3 aromatic rings. The standard InChI is InChI=1S/C26H21BrClIN2O3/c1-3-33-24-12-18(21(27)13-25(24)34-15-17-7-9-20(29)10-8-17)11-19(14-30)26(32)31-23-6-4-5-22(28)16(23)2/h4-13H,3,15H2,1-2H3,(H,31,32)/b19-11+. The third-order valence-electron chi connectivity index (χ3n) is 4.85. The quantitative estimate of drug-likeness (QED) is 0.155. The van der Waals surface area contributed by atoms with Crippen molar-refractivity contribution in [3.63, 3.8) is 0 Å². The summed E-state index contributed by atoms with van der Waals surface area (Å²) < 4.78 is 13.6. The number of ether oxygens (including phenoxy) is 2. The summed E-state index contributed by atoms with van der Waals surface area (Å²) in [5, 5.41) is 12.9. The molecule has 0 fully saturated rings. The molecule has 0 radical (unpaired) electrons. The Bertz CT molecular complexity index is 1270. The van der Waals surface area contributed by atoms with E-state index >= 15 is 0 Å². The van der Waals surface area contributed by atoms with E-state index in [0.717, 1.165) is 14.7 Å². The molecule has 0 unspecified atom stereocenters. The van der Waals surface area contributed by atoms with Gasteiger partial charge in [0.1, 0.15) is 18.2 Å². The molecule has 1 N–H and O–H groups in total. The van der Waals surface area contributed by atoms with Crippen LogP contribution in [0.15, 0.2) is 64.6 Å². The third kappa shape index (κ3) is 6.75. The molecule has 0 saturated carbocycles. The SMILES string of the molecule is CCOc1cc(/C=C(\C#N)C(=O)Nc2cccc(Cl)c2C)c(Br)cc1OCc1ccc(I)cc1. The summed E-state index contributed by atoms with van der Waals surface area (Å²) in [7, 11) is 0. The van der Waals surface area contributed by atoms with Crippen LogP contribution < -0.4 is 14.8 Å². The summed E-state index contributed by atoms with van der Waals surface area (Å²) in [6.45, 7) is 4.49. The predicted octanol–water partition coefficient (Wildman–Crippen LogP) is 7.54. The number of nitriles is 1. The number of anilines is 1. The summed E-state index contributed by atoms with van der Waals surface area (Å²) >= 11 is 11.9. The van der Waals surface area contributed by atoms with Crippen molar-refractivity contribution >= 4 is 67.8 Å². The highest BCUT2D eigenvalue weighted by atomic mass is 127. The van der Waals surface area contributed by atoms with Gasteiger partial charge in [-0.15, -0.1) is 0 Å². The minimum atomic E-state index is -0.531. The topological polar surface area (TPSA) is 71.3 Å². The van der Waals surface area contributed by atoms with Crippen LogP contribution in [-0.4, -0.2) is 12.5 Å². The molecule has 0 heterocycles. The Morgan fingerprint density at radius 2 is 1.88 bits per heavy atom. The summed E-state index contributed by atoms with van der Waals surface area (Å²) in [5.74, 6) is 0.546. The van der Waals surface area contributed by atoms with Crippen LogP contribution in [0.2, 0.25) is 5.02 Å². The Kier molecular flexibility index (Phi) is 9.39. The van der Waals surface area contributed by atoms with Crippen LogP contribution >= 0.6 is 50.1 Å². The van der Waals surface area contributed by atoms with Crippen LogP contribution in [0.3, 0.4) is 0 Å². The van der Waals surface area contributed by atoms with Gasteiger partial charge in [-0.1, -0.05) is 45.7 Å². The zero-order valence-corrected chi connectivity index (χ0v) is 23.0. The molecule has 3 aromatic carbocycles. The molecule has 0 saturated heterocycles. The first kappa shape index (κ1) is 26.1. The van der Waals surface area contributed by atoms with Crippen molar-refractivity contribution in [3.8, 4) is 17.6 Å². The number of hydrogen-bond donors (Lipinski definition) is 1. The van der Waals surface area contributed by atoms with E-state index < -0.39 is 5.91 Å². The molecule has 0 aliphatic carbocycles. The monoisotopic (exact) mass is 650 g/mol. The zero-order valence-electron chi connectivity index (χ0n) is 18.5. The van der Waals surface area contributed by atoms with E-state index in [9.17, 15) is 10.1 Å². The second kappa shape index (κ2) is 12.2. The molecule has 3 rings (SSSR count). The minimum Gasteiger partial charge on any atom is -0.490 e. The van der Waals surface area contributed by atoms with Crippen molar-refractivity contribution in [3.05, 3.63) is 89.9 Å². The summed E-state index contributed by atoms with van der Waals surface area (Å²) in [6, 6.07) is 18.8. The Balaban J connectivity index is 1.86. The molecule has 8 heteroatoms. The number of benzene rings is 3. The lowest BCUT2D eigenvalue weighted by Gasteiger charge is -2.14. The first-order valence-electron chi connectivity index (χ1n) is 10.3. The molecule has 0 aliphatic rings. The average molecular weight is 652 g/mol. The molecule has 0 aromatic heterocycles. The van der Waals surface area contributed by atoms with Crippen molar-refractivity contribution in [1.82, 2.24) is 0 Å². The average Bonchev–Trinajstić information content (AvgIpc) is 2.82. The van der Waals surface area contributed by atoms with Crippen LogP contribution in [0.25, 0.3) is 6.08 Å². The van der Waals surface area contributed by atoms with Crippen molar-refractivity contribution in [1.29, 1.82) is 5.26 Å². The molecule has 0 spiro atoms. The summed E-state index contributed by atoms with van der Waals surface area (Å²) in [4.78, 5) is 12.8. The summed E-state index contributed by atoms with van der Waals surface area (Å²) in [5.41, 5.74) is 2.86. The lowest BCUT2D eigenvalue weighted by Crippen LogP contribution is -2.14. The number of amides is 1. The van der Waals surface area contributed by atoms with Gasteiger partial charge in [0.05, 0.1) is 6.61 Å². The zero-order chi connectivity index (χ0) is 24.7.